The predicted molar refractivity (Wildman–Crippen MR) is 125 cm³/mol. The van der Waals surface area contributed by atoms with E-state index in [4.69, 9.17) is 9.47 Å². The molecule has 0 bridgehead atoms. The molecule has 0 aliphatic carbocycles. The lowest BCUT2D eigenvalue weighted by Gasteiger charge is -2.39. The summed E-state index contributed by atoms with van der Waals surface area (Å²) in [5.41, 5.74) is 5.83. The van der Waals surface area contributed by atoms with Gasteiger partial charge in [-0.1, -0.05) is 26.0 Å². The molecule has 0 N–H and O–H groups in total. The quantitative estimate of drug-likeness (QED) is 0.470. The van der Waals surface area contributed by atoms with E-state index in [-0.39, 0.29) is 17.3 Å². The number of benzene rings is 2. The van der Waals surface area contributed by atoms with Gasteiger partial charge in [-0.2, -0.15) is 0 Å². The molecule has 0 unspecified atom stereocenters. The number of carbonyl (C=O) groups excluding carboxylic acids is 2. The Balaban J connectivity index is 2.14. The number of ether oxygens (including phenoxy) is 2. The van der Waals surface area contributed by atoms with E-state index < -0.39 is 0 Å². The highest BCUT2D eigenvalue weighted by Crippen LogP contribution is 2.44. The Morgan fingerprint density at radius 1 is 1.16 bits per heavy atom. The third-order valence-corrected chi connectivity index (χ3v) is 5.79. The number of rotatable bonds is 6. The zero-order valence-electron chi connectivity index (χ0n) is 19.2. The Kier molecular flexibility index (Phi) is 6.54. The van der Waals surface area contributed by atoms with E-state index in [0.717, 1.165) is 33.7 Å². The van der Waals surface area contributed by atoms with Gasteiger partial charge in [0.1, 0.15) is 5.75 Å². The maximum atomic E-state index is 12.8. The standard InChI is InChI=1S/C26H31NO4/c1-7-27-22-15-19(17(3)13-21(22)26(4,5)16-24(27)28)20-14-18(9-11-23(20)30-6)10-12-25(29)31-8-2/h9-15H,7-8,16H2,1-6H3. The van der Waals surface area contributed by atoms with Crippen LogP contribution < -0.4 is 9.64 Å². The second-order valence-corrected chi connectivity index (χ2v) is 8.43. The molecular weight excluding hydrogens is 390 g/mol. The molecule has 31 heavy (non-hydrogen) atoms. The highest BCUT2D eigenvalue weighted by molar-refractivity contribution is 5.99. The molecule has 0 atom stereocenters. The zero-order chi connectivity index (χ0) is 22.8. The number of fused-ring (bicyclic) bond motifs is 1. The number of hydrogen-bond acceptors (Lipinski definition) is 4. The fraction of sp³-hybridized carbons (Fsp3) is 0.385. The summed E-state index contributed by atoms with van der Waals surface area (Å²) in [7, 11) is 1.64. The van der Waals surface area contributed by atoms with Crippen molar-refractivity contribution >= 4 is 23.6 Å². The molecule has 1 aliphatic rings. The molecule has 0 fully saturated rings. The van der Waals surface area contributed by atoms with E-state index in [0.29, 0.717) is 19.6 Å². The number of nitrogens with zero attached hydrogens (tertiary/aromatic N) is 1. The molecule has 1 aliphatic heterocycles. The summed E-state index contributed by atoms with van der Waals surface area (Å²) < 4.78 is 10.6. The van der Waals surface area contributed by atoms with Crippen LogP contribution >= 0.6 is 0 Å². The lowest BCUT2D eigenvalue weighted by Crippen LogP contribution is -2.41. The molecule has 2 aromatic rings. The smallest absolute Gasteiger partial charge is 0.330 e. The number of methoxy groups -OCH3 is 1. The van der Waals surface area contributed by atoms with Crippen LogP contribution in [0.25, 0.3) is 17.2 Å². The maximum Gasteiger partial charge on any atom is 0.330 e. The zero-order valence-corrected chi connectivity index (χ0v) is 19.2. The second kappa shape index (κ2) is 8.96. The van der Waals surface area contributed by atoms with Crippen molar-refractivity contribution < 1.29 is 19.1 Å². The van der Waals surface area contributed by atoms with Gasteiger partial charge in [0.05, 0.1) is 13.7 Å². The molecular formula is C26H31NO4. The van der Waals surface area contributed by atoms with Gasteiger partial charge in [0, 0.05) is 35.7 Å². The van der Waals surface area contributed by atoms with Crippen LogP contribution in [0, 0.1) is 6.92 Å². The van der Waals surface area contributed by atoms with Crippen molar-refractivity contribution in [2.24, 2.45) is 0 Å². The maximum absolute atomic E-state index is 12.8. The van der Waals surface area contributed by atoms with Gasteiger partial charge in [0.25, 0.3) is 0 Å². The molecule has 0 radical (unpaired) electrons. The van der Waals surface area contributed by atoms with Crippen LogP contribution in [0.5, 0.6) is 5.75 Å². The van der Waals surface area contributed by atoms with Crippen LogP contribution in [0.15, 0.2) is 36.4 Å². The first-order valence-corrected chi connectivity index (χ1v) is 10.7. The van der Waals surface area contributed by atoms with Gasteiger partial charge in [0.15, 0.2) is 0 Å². The summed E-state index contributed by atoms with van der Waals surface area (Å²) in [6, 6.07) is 10.1. The van der Waals surface area contributed by atoms with E-state index >= 15 is 0 Å². The molecule has 164 valence electrons. The van der Waals surface area contributed by atoms with Gasteiger partial charge in [-0.15, -0.1) is 0 Å². The third-order valence-electron chi connectivity index (χ3n) is 5.79. The van der Waals surface area contributed by atoms with Crippen LogP contribution in [0.3, 0.4) is 0 Å². The molecule has 3 rings (SSSR count). The Bertz CT molecular complexity index is 1040. The van der Waals surface area contributed by atoms with Gasteiger partial charge in [-0.25, -0.2) is 4.79 Å². The number of hydrogen-bond donors (Lipinski definition) is 0. The van der Waals surface area contributed by atoms with Gasteiger partial charge in [-0.3, -0.25) is 4.79 Å². The molecule has 2 aromatic carbocycles. The highest BCUT2D eigenvalue weighted by Gasteiger charge is 2.36. The van der Waals surface area contributed by atoms with E-state index in [1.54, 1.807) is 20.1 Å². The molecule has 5 nitrogen and oxygen atoms in total. The van der Waals surface area contributed by atoms with Crippen molar-refractivity contribution in [3.05, 3.63) is 53.1 Å². The molecule has 5 heteroatoms. The summed E-state index contributed by atoms with van der Waals surface area (Å²) >= 11 is 0. The van der Waals surface area contributed by atoms with Crippen molar-refractivity contribution in [1.29, 1.82) is 0 Å². The topological polar surface area (TPSA) is 55.8 Å². The number of anilines is 1. The van der Waals surface area contributed by atoms with Crippen LogP contribution in [-0.4, -0.2) is 32.1 Å². The number of carbonyl (C=O) groups is 2. The third kappa shape index (κ3) is 4.50. The number of aryl methyl sites for hydroxylation is 1. The van der Waals surface area contributed by atoms with Crippen molar-refractivity contribution in [3.8, 4) is 16.9 Å². The summed E-state index contributed by atoms with van der Waals surface area (Å²) in [6.07, 6.45) is 3.67. The molecule has 0 spiro atoms. The molecule has 0 saturated heterocycles. The Morgan fingerprint density at radius 3 is 2.55 bits per heavy atom. The first-order valence-electron chi connectivity index (χ1n) is 10.7. The summed E-state index contributed by atoms with van der Waals surface area (Å²) in [6.45, 7) is 11.1. The fourth-order valence-corrected chi connectivity index (χ4v) is 4.20. The van der Waals surface area contributed by atoms with Crippen molar-refractivity contribution in [2.75, 3.05) is 25.2 Å². The summed E-state index contributed by atoms with van der Waals surface area (Å²) in [5.74, 6) is 0.512. The second-order valence-electron chi connectivity index (χ2n) is 8.43. The summed E-state index contributed by atoms with van der Waals surface area (Å²) in [4.78, 5) is 26.3. The largest absolute Gasteiger partial charge is 0.496 e. The SMILES string of the molecule is CCOC(=O)C=Cc1ccc(OC)c(-c2cc3c(cc2C)C(C)(C)CC(=O)N3CC)c1. The minimum atomic E-state index is -0.371. The van der Waals surface area contributed by atoms with Gasteiger partial charge in [-0.05, 0) is 67.3 Å². The predicted octanol–water partition coefficient (Wildman–Crippen LogP) is 5.28. The monoisotopic (exact) mass is 421 g/mol. The highest BCUT2D eigenvalue weighted by atomic mass is 16.5. The molecule has 0 saturated carbocycles. The van der Waals surface area contributed by atoms with Crippen LogP contribution in [0.2, 0.25) is 0 Å². The van der Waals surface area contributed by atoms with Gasteiger partial charge in [0.2, 0.25) is 5.91 Å². The Morgan fingerprint density at radius 2 is 1.90 bits per heavy atom. The average molecular weight is 422 g/mol. The lowest BCUT2D eigenvalue weighted by atomic mass is 9.75. The summed E-state index contributed by atoms with van der Waals surface area (Å²) in [5, 5.41) is 0. The lowest BCUT2D eigenvalue weighted by molar-refractivity contribution is -0.137. The Hall–Kier alpha value is -3.08. The first kappa shape index (κ1) is 22.6. The van der Waals surface area contributed by atoms with Crippen molar-refractivity contribution in [1.82, 2.24) is 0 Å². The minimum absolute atomic E-state index is 0.146. The minimum Gasteiger partial charge on any atom is -0.496 e. The van der Waals surface area contributed by atoms with Gasteiger partial charge < -0.3 is 14.4 Å². The molecule has 1 amide bonds. The number of esters is 1. The van der Waals surface area contributed by atoms with E-state index in [9.17, 15) is 9.59 Å². The number of amides is 1. The van der Waals surface area contributed by atoms with Crippen LogP contribution in [0.4, 0.5) is 5.69 Å². The molecule has 1 heterocycles. The van der Waals surface area contributed by atoms with Crippen LogP contribution in [0.1, 0.15) is 50.8 Å². The van der Waals surface area contributed by atoms with E-state index in [1.807, 2.05) is 30.0 Å². The van der Waals surface area contributed by atoms with Crippen molar-refractivity contribution in [2.45, 2.75) is 46.5 Å². The van der Waals surface area contributed by atoms with Crippen LogP contribution in [-0.2, 0) is 19.7 Å². The van der Waals surface area contributed by atoms with Gasteiger partial charge >= 0.3 is 5.97 Å². The van der Waals surface area contributed by atoms with E-state index in [1.165, 1.54) is 11.6 Å². The fourth-order valence-electron chi connectivity index (χ4n) is 4.20. The molecule has 0 aromatic heterocycles. The first-order chi connectivity index (χ1) is 14.7. The normalized spacial score (nSPS) is 15.2. The average Bonchev–Trinajstić information content (AvgIpc) is 2.72. The van der Waals surface area contributed by atoms with Crippen molar-refractivity contribution in [3.63, 3.8) is 0 Å². The van der Waals surface area contributed by atoms with E-state index in [2.05, 4.69) is 32.9 Å². The Labute approximate surface area is 184 Å².